The molecule has 0 aromatic heterocycles. The van der Waals surface area contributed by atoms with E-state index < -0.39 is 10.0 Å². The zero-order valence-electron chi connectivity index (χ0n) is 13.2. The number of nitrogens with one attached hydrogen (secondary N) is 2. The summed E-state index contributed by atoms with van der Waals surface area (Å²) in [6.07, 6.45) is 0.267. The quantitative estimate of drug-likeness (QED) is 0.891. The fourth-order valence-corrected chi connectivity index (χ4v) is 3.59. The van der Waals surface area contributed by atoms with Crippen molar-refractivity contribution in [1.82, 2.24) is 0 Å². The minimum absolute atomic E-state index is 0.118. The van der Waals surface area contributed by atoms with Crippen LogP contribution in [0.1, 0.15) is 17.5 Å². The number of amides is 1. The van der Waals surface area contributed by atoms with Crippen molar-refractivity contribution in [2.75, 3.05) is 16.6 Å². The number of anilines is 2. The van der Waals surface area contributed by atoms with Gasteiger partial charge in [-0.25, -0.2) is 8.42 Å². The van der Waals surface area contributed by atoms with Gasteiger partial charge < -0.3 is 10.1 Å². The third-order valence-electron chi connectivity index (χ3n) is 3.59. The number of carbonyl (C=O) groups excluding carboxylic acids is 1. The van der Waals surface area contributed by atoms with Crippen LogP contribution in [-0.4, -0.2) is 20.9 Å². The number of rotatable bonds is 4. The van der Waals surface area contributed by atoms with E-state index in [1.807, 2.05) is 19.1 Å². The first-order chi connectivity index (χ1) is 11.4. The molecule has 2 aromatic rings. The average Bonchev–Trinajstić information content (AvgIpc) is 2.69. The number of benzene rings is 2. The van der Waals surface area contributed by atoms with Gasteiger partial charge in [-0.05, 0) is 30.7 Å². The molecule has 1 amide bonds. The standard InChI is InChI=1S/C17H18N2O4S/c1-12-2-4-13(5-3-12)11-24(21,22)19-14-6-7-16-15(10-14)18-17(20)8-9-23-16/h2-7,10,19H,8-9,11H2,1H3,(H,18,20). The Kier molecular flexibility index (Phi) is 4.44. The Hall–Kier alpha value is -2.54. The first-order valence-corrected chi connectivity index (χ1v) is 9.19. The predicted octanol–water partition coefficient (Wildman–Crippen LogP) is 2.66. The highest BCUT2D eigenvalue weighted by molar-refractivity contribution is 7.91. The molecule has 0 aliphatic carbocycles. The molecule has 0 bridgehead atoms. The zero-order chi connectivity index (χ0) is 17.2. The van der Waals surface area contributed by atoms with Gasteiger partial charge in [-0.3, -0.25) is 9.52 Å². The van der Waals surface area contributed by atoms with Gasteiger partial charge in [-0.2, -0.15) is 0 Å². The normalized spacial score (nSPS) is 14.1. The Morgan fingerprint density at radius 1 is 1.17 bits per heavy atom. The summed E-state index contributed by atoms with van der Waals surface area (Å²) < 4.78 is 32.6. The van der Waals surface area contributed by atoms with Gasteiger partial charge in [-0.1, -0.05) is 29.8 Å². The van der Waals surface area contributed by atoms with E-state index in [9.17, 15) is 13.2 Å². The summed E-state index contributed by atoms with van der Waals surface area (Å²) in [5.41, 5.74) is 2.63. The van der Waals surface area contributed by atoms with Crippen molar-refractivity contribution in [3.8, 4) is 5.75 Å². The number of carbonyl (C=O) groups is 1. The van der Waals surface area contributed by atoms with Crippen LogP contribution in [0, 0.1) is 6.92 Å². The monoisotopic (exact) mass is 346 g/mol. The lowest BCUT2D eigenvalue weighted by Crippen LogP contribution is -2.15. The molecule has 0 unspecified atom stereocenters. The van der Waals surface area contributed by atoms with Gasteiger partial charge in [0.25, 0.3) is 0 Å². The number of fused-ring (bicyclic) bond motifs is 1. The smallest absolute Gasteiger partial charge is 0.236 e. The number of hydrogen-bond acceptors (Lipinski definition) is 4. The molecule has 2 aromatic carbocycles. The van der Waals surface area contributed by atoms with Crippen LogP contribution >= 0.6 is 0 Å². The van der Waals surface area contributed by atoms with E-state index >= 15 is 0 Å². The van der Waals surface area contributed by atoms with E-state index in [-0.39, 0.29) is 18.1 Å². The third-order valence-corrected chi connectivity index (χ3v) is 4.85. The highest BCUT2D eigenvalue weighted by Gasteiger charge is 2.16. The van der Waals surface area contributed by atoms with Crippen LogP contribution in [0.3, 0.4) is 0 Å². The Balaban J connectivity index is 1.77. The van der Waals surface area contributed by atoms with Crippen LogP contribution in [0.2, 0.25) is 0 Å². The summed E-state index contributed by atoms with van der Waals surface area (Å²) in [4.78, 5) is 11.6. The van der Waals surface area contributed by atoms with Crippen molar-refractivity contribution >= 4 is 27.3 Å². The molecule has 1 aliphatic rings. The second-order valence-corrected chi connectivity index (χ2v) is 7.43. The molecule has 7 heteroatoms. The van der Waals surface area contributed by atoms with Crippen molar-refractivity contribution in [3.63, 3.8) is 0 Å². The average molecular weight is 346 g/mol. The van der Waals surface area contributed by atoms with Crippen LogP contribution in [0.25, 0.3) is 0 Å². The molecule has 3 rings (SSSR count). The van der Waals surface area contributed by atoms with E-state index in [1.54, 1.807) is 30.3 Å². The van der Waals surface area contributed by atoms with Crippen LogP contribution < -0.4 is 14.8 Å². The lowest BCUT2D eigenvalue weighted by atomic mass is 10.2. The number of aryl methyl sites for hydroxylation is 1. The molecule has 0 saturated carbocycles. The van der Waals surface area contributed by atoms with Crippen LogP contribution in [0.5, 0.6) is 5.75 Å². The minimum Gasteiger partial charge on any atom is -0.491 e. The Bertz CT molecular complexity index is 861. The number of hydrogen-bond donors (Lipinski definition) is 2. The largest absolute Gasteiger partial charge is 0.491 e. The molecule has 1 aliphatic heterocycles. The molecule has 1 heterocycles. The van der Waals surface area contributed by atoms with E-state index in [0.29, 0.717) is 29.3 Å². The first-order valence-electron chi connectivity index (χ1n) is 7.54. The molecule has 0 radical (unpaired) electrons. The van der Waals surface area contributed by atoms with Crippen molar-refractivity contribution in [2.24, 2.45) is 0 Å². The van der Waals surface area contributed by atoms with Crippen LogP contribution in [0.4, 0.5) is 11.4 Å². The van der Waals surface area contributed by atoms with Gasteiger partial charge >= 0.3 is 0 Å². The van der Waals surface area contributed by atoms with E-state index in [4.69, 9.17) is 4.74 Å². The Labute approximate surface area is 140 Å². The topological polar surface area (TPSA) is 84.5 Å². The van der Waals surface area contributed by atoms with Crippen LogP contribution in [0.15, 0.2) is 42.5 Å². The lowest BCUT2D eigenvalue weighted by molar-refractivity contribution is -0.116. The summed E-state index contributed by atoms with van der Waals surface area (Å²) in [7, 11) is -3.55. The van der Waals surface area contributed by atoms with Gasteiger partial charge in [0.15, 0.2) is 0 Å². The zero-order valence-corrected chi connectivity index (χ0v) is 14.0. The van der Waals surface area contributed by atoms with Gasteiger partial charge in [-0.15, -0.1) is 0 Å². The van der Waals surface area contributed by atoms with Gasteiger partial charge in [0.1, 0.15) is 5.75 Å². The van der Waals surface area contributed by atoms with E-state index in [2.05, 4.69) is 10.0 Å². The third kappa shape index (κ3) is 4.05. The summed E-state index contributed by atoms with van der Waals surface area (Å²) in [5, 5.41) is 2.71. The fraction of sp³-hybridized carbons (Fsp3) is 0.235. The highest BCUT2D eigenvalue weighted by Crippen LogP contribution is 2.30. The molecule has 0 saturated heterocycles. The SMILES string of the molecule is Cc1ccc(CS(=O)(=O)Nc2ccc3c(c2)NC(=O)CCO3)cc1. The maximum Gasteiger partial charge on any atom is 0.236 e. The number of ether oxygens (including phenoxy) is 1. The Morgan fingerprint density at radius 2 is 1.92 bits per heavy atom. The van der Waals surface area contributed by atoms with Crippen molar-refractivity contribution in [2.45, 2.75) is 19.1 Å². The van der Waals surface area contributed by atoms with Gasteiger partial charge in [0.2, 0.25) is 15.9 Å². The molecule has 0 fully saturated rings. The highest BCUT2D eigenvalue weighted by atomic mass is 32.2. The molecule has 0 spiro atoms. The molecule has 24 heavy (non-hydrogen) atoms. The minimum atomic E-state index is -3.55. The molecular formula is C17H18N2O4S. The predicted molar refractivity (Wildman–Crippen MR) is 92.6 cm³/mol. The maximum absolute atomic E-state index is 12.3. The number of sulfonamides is 1. The maximum atomic E-state index is 12.3. The lowest BCUT2D eigenvalue weighted by Gasteiger charge is -2.12. The van der Waals surface area contributed by atoms with Gasteiger partial charge in [0.05, 0.1) is 30.2 Å². The second-order valence-electron chi connectivity index (χ2n) is 5.70. The van der Waals surface area contributed by atoms with Gasteiger partial charge in [0, 0.05) is 0 Å². The van der Waals surface area contributed by atoms with Crippen molar-refractivity contribution in [1.29, 1.82) is 0 Å². The van der Waals surface area contributed by atoms with Crippen LogP contribution in [-0.2, 0) is 20.6 Å². The summed E-state index contributed by atoms with van der Waals surface area (Å²) in [6.45, 7) is 2.25. The molecule has 2 N–H and O–H groups in total. The van der Waals surface area contributed by atoms with Crippen molar-refractivity contribution < 1.29 is 17.9 Å². The summed E-state index contributed by atoms with van der Waals surface area (Å²) in [6, 6.07) is 12.2. The Morgan fingerprint density at radius 3 is 2.67 bits per heavy atom. The van der Waals surface area contributed by atoms with E-state index in [1.165, 1.54) is 0 Å². The first kappa shape index (κ1) is 16.3. The second kappa shape index (κ2) is 6.52. The molecule has 6 nitrogen and oxygen atoms in total. The molecule has 0 atom stereocenters. The van der Waals surface area contributed by atoms with E-state index in [0.717, 1.165) is 5.56 Å². The fourth-order valence-electron chi connectivity index (χ4n) is 2.40. The molecule has 126 valence electrons. The van der Waals surface area contributed by atoms with Crippen molar-refractivity contribution in [3.05, 3.63) is 53.6 Å². The molecular weight excluding hydrogens is 328 g/mol. The summed E-state index contributed by atoms with van der Waals surface area (Å²) >= 11 is 0. The summed E-state index contributed by atoms with van der Waals surface area (Å²) in [5.74, 6) is 0.253.